The Labute approximate surface area is 129 Å². The number of aromatic nitrogens is 1. The molecular formula is C16H11F2N3O2. The number of carbonyl (C=O) groups excluding carboxylic acids is 1. The van der Waals surface area contributed by atoms with E-state index >= 15 is 0 Å². The van der Waals surface area contributed by atoms with Crippen LogP contribution in [0.15, 0.2) is 52.7 Å². The SMILES string of the molecule is O=C(Cc1ccc(F)cc1)N=Nc1c(O)[nH]c2ccc(F)cc12. The Balaban J connectivity index is 1.82. The molecule has 1 amide bonds. The molecule has 7 heteroatoms. The molecule has 1 heterocycles. The van der Waals surface area contributed by atoms with Gasteiger partial charge < -0.3 is 10.1 Å². The monoisotopic (exact) mass is 315 g/mol. The minimum absolute atomic E-state index is 0.00745. The van der Waals surface area contributed by atoms with Crippen molar-refractivity contribution in [3.8, 4) is 5.88 Å². The third kappa shape index (κ3) is 3.23. The van der Waals surface area contributed by atoms with Crippen molar-refractivity contribution in [1.82, 2.24) is 4.98 Å². The van der Waals surface area contributed by atoms with Crippen LogP contribution in [-0.2, 0) is 11.2 Å². The van der Waals surface area contributed by atoms with E-state index in [0.29, 0.717) is 16.5 Å². The number of rotatable bonds is 3. The average Bonchev–Trinajstić information content (AvgIpc) is 2.82. The number of H-pyrrole nitrogens is 1. The molecule has 3 rings (SSSR count). The number of fused-ring (bicyclic) bond motifs is 1. The Morgan fingerprint density at radius 1 is 1.09 bits per heavy atom. The summed E-state index contributed by atoms with van der Waals surface area (Å²) >= 11 is 0. The van der Waals surface area contributed by atoms with E-state index in [4.69, 9.17) is 0 Å². The number of halogens is 2. The molecule has 2 aromatic carbocycles. The molecule has 0 unspecified atom stereocenters. The standard InChI is InChI=1S/C16H11F2N3O2/c17-10-3-1-9(2-4-10)7-14(22)20-21-15-12-8-11(18)5-6-13(12)19-16(15)23/h1-6,8,19,23H,7H2. The third-order valence-corrected chi connectivity index (χ3v) is 3.24. The van der Waals surface area contributed by atoms with Crippen LogP contribution >= 0.6 is 0 Å². The molecule has 5 nitrogen and oxygen atoms in total. The Kier molecular flexibility index (Phi) is 3.84. The van der Waals surface area contributed by atoms with E-state index in [0.717, 1.165) is 0 Å². The second-order valence-corrected chi connectivity index (χ2v) is 4.91. The van der Waals surface area contributed by atoms with Gasteiger partial charge in [0.2, 0.25) is 5.88 Å². The van der Waals surface area contributed by atoms with Crippen LogP contribution in [0.2, 0.25) is 0 Å². The Morgan fingerprint density at radius 3 is 2.52 bits per heavy atom. The third-order valence-electron chi connectivity index (χ3n) is 3.24. The number of hydrogen-bond acceptors (Lipinski definition) is 3. The van der Waals surface area contributed by atoms with Crippen molar-refractivity contribution in [1.29, 1.82) is 0 Å². The normalized spacial score (nSPS) is 11.4. The summed E-state index contributed by atoms with van der Waals surface area (Å²) < 4.78 is 26.1. The fourth-order valence-electron chi connectivity index (χ4n) is 2.15. The van der Waals surface area contributed by atoms with Gasteiger partial charge in [-0.25, -0.2) is 8.78 Å². The maximum absolute atomic E-state index is 13.3. The summed E-state index contributed by atoms with van der Waals surface area (Å²) in [4.78, 5) is 14.4. The fraction of sp³-hybridized carbons (Fsp3) is 0.0625. The van der Waals surface area contributed by atoms with E-state index in [1.54, 1.807) is 0 Å². The van der Waals surface area contributed by atoms with Crippen LogP contribution in [0, 0.1) is 11.6 Å². The van der Waals surface area contributed by atoms with Gasteiger partial charge in [0.25, 0.3) is 5.91 Å². The Morgan fingerprint density at radius 2 is 1.78 bits per heavy atom. The molecule has 0 saturated heterocycles. The van der Waals surface area contributed by atoms with E-state index in [9.17, 15) is 18.7 Å². The molecule has 0 aliphatic rings. The molecule has 0 fully saturated rings. The lowest BCUT2D eigenvalue weighted by Crippen LogP contribution is -1.97. The highest BCUT2D eigenvalue weighted by molar-refractivity contribution is 5.94. The van der Waals surface area contributed by atoms with Crippen molar-refractivity contribution in [3.63, 3.8) is 0 Å². The first-order valence-corrected chi connectivity index (χ1v) is 6.72. The molecule has 0 aliphatic heterocycles. The van der Waals surface area contributed by atoms with Gasteiger partial charge in [0.1, 0.15) is 11.6 Å². The lowest BCUT2D eigenvalue weighted by atomic mass is 10.1. The topological polar surface area (TPSA) is 77.8 Å². The smallest absolute Gasteiger partial charge is 0.269 e. The van der Waals surface area contributed by atoms with Gasteiger partial charge in [0.05, 0.1) is 11.9 Å². The van der Waals surface area contributed by atoms with Gasteiger partial charge in [-0.2, -0.15) is 0 Å². The maximum atomic E-state index is 13.3. The van der Waals surface area contributed by atoms with Crippen molar-refractivity contribution >= 4 is 22.5 Å². The number of aromatic amines is 1. The summed E-state index contributed by atoms with van der Waals surface area (Å²) in [6.45, 7) is 0. The lowest BCUT2D eigenvalue weighted by molar-refractivity contribution is -0.117. The highest BCUT2D eigenvalue weighted by Crippen LogP contribution is 2.35. The molecule has 2 N–H and O–H groups in total. The fourth-order valence-corrected chi connectivity index (χ4v) is 2.15. The lowest BCUT2D eigenvalue weighted by Gasteiger charge is -1.96. The molecule has 0 saturated carbocycles. The molecule has 0 bridgehead atoms. The van der Waals surface area contributed by atoms with Gasteiger partial charge in [-0.1, -0.05) is 12.1 Å². The Bertz CT molecular complexity index is 902. The maximum Gasteiger partial charge on any atom is 0.269 e. The molecule has 1 aromatic heterocycles. The van der Waals surface area contributed by atoms with E-state index in [1.165, 1.54) is 42.5 Å². The number of aromatic hydroxyl groups is 1. The molecule has 0 atom stereocenters. The summed E-state index contributed by atoms with van der Waals surface area (Å²) in [5.74, 6) is -1.76. The van der Waals surface area contributed by atoms with Crippen LogP contribution in [0.4, 0.5) is 14.5 Å². The van der Waals surface area contributed by atoms with Crippen molar-refractivity contribution in [2.24, 2.45) is 10.2 Å². The number of amides is 1. The van der Waals surface area contributed by atoms with Gasteiger partial charge in [-0.3, -0.25) is 4.79 Å². The minimum Gasteiger partial charge on any atom is -0.493 e. The number of nitrogens with one attached hydrogen (secondary N) is 1. The highest BCUT2D eigenvalue weighted by Gasteiger charge is 2.12. The van der Waals surface area contributed by atoms with Crippen molar-refractivity contribution in [3.05, 3.63) is 59.7 Å². The number of hydrogen-bond donors (Lipinski definition) is 2. The summed E-state index contributed by atoms with van der Waals surface area (Å²) in [5, 5.41) is 17.3. The van der Waals surface area contributed by atoms with E-state index in [2.05, 4.69) is 15.2 Å². The molecule has 0 aliphatic carbocycles. The van der Waals surface area contributed by atoms with Gasteiger partial charge in [0, 0.05) is 5.39 Å². The number of azo groups is 1. The first kappa shape index (κ1) is 14.8. The molecular weight excluding hydrogens is 304 g/mol. The van der Waals surface area contributed by atoms with Gasteiger partial charge in [0.15, 0.2) is 5.69 Å². The largest absolute Gasteiger partial charge is 0.493 e. The van der Waals surface area contributed by atoms with Crippen molar-refractivity contribution < 1.29 is 18.7 Å². The predicted octanol–water partition coefficient (Wildman–Crippen LogP) is 4.00. The molecule has 3 aromatic rings. The second kappa shape index (κ2) is 5.96. The van der Waals surface area contributed by atoms with Crippen LogP contribution in [0.3, 0.4) is 0 Å². The number of benzene rings is 2. The molecule has 23 heavy (non-hydrogen) atoms. The van der Waals surface area contributed by atoms with Crippen molar-refractivity contribution in [2.45, 2.75) is 6.42 Å². The van der Waals surface area contributed by atoms with E-state index < -0.39 is 17.5 Å². The number of carbonyl (C=O) groups is 1. The van der Waals surface area contributed by atoms with Crippen LogP contribution in [0.25, 0.3) is 10.9 Å². The average molecular weight is 315 g/mol. The quantitative estimate of drug-likeness (QED) is 0.716. The summed E-state index contributed by atoms with van der Waals surface area (Å²) in [6, 6.07) is 9.30. The van der Waals surface area contributed by atoms with Crippen LogP contribution in [-0.4, -0.2) is 16.0 Å². The van der Waals surface area contributed by atoms with Gasteiger partial charge >= 0.3 is 0 Å². The van der Waals surface area contributed by atoms with Gasteiger partial charge in [-0.15, -0.1) is 10.2 Å². The van der Waals surface area contributed by atoms with Gasteiger partial charge in [-0.05, 0) is 35.9 Å². The highest BCUT2D eigenvalue weighted by atomic mass is 19.1. The summed E-state index contributed by atoms with van der Waals surface area (Å²) in [6.07, 6.45) is -0.0543. The minimum atomic E-state index is -0.568. The van der Waals surface area contributed by atoms with E-state index in [1.807, 2.05) is 0 Å². The van der Waals surface area contributed by atoms with Crippen LogP contribution < -0.4 is 0 Å². The first-order valence-electron chi connectivity index (χ1n) is 6.72. The van der Waals surface area contributed by atoms with Crippen LogP contribution in [0.5, 0.6) is 5.88 Å². The first-order chi connectivity index (χ1) is 11.0. The second-order valence-electron chi connectivity index (χ2n) is 4.91. The predicted molar refractivity (Wildman–Crippen MR) is 79.5 cm³/mol. The molecule has 116 valence electrons. The molecule has 0 radical (unpaired) electrons. The summed E-state index contributed by atoms with van der Waals surface area (Å²) in [5.41, 5.74) is 1.06. The van der Waals surface area contributed by atoms with Crippen molar-refractivity contribution in [2.75, 3.05) is 0 Å². The molecule has 0 spiro atoms. The number of nitrogens with zero attached hydrogens (tertiary/aromatic N) is 2. The Hall–Kier alpha value is -3.09. The zero-order chi connectivity index (χ0) is 16.4. The van der Waals surface area contributed by atoms with E-state index in [-0.39, 0.29) is 18.0 Å². The zero-order valence-electron chi connectivity index (χ0n) is 11.8. The zero-order valence-corrected chi connectivity index (χ0v) is 11.8. The summed E-state index contributed by atoms with van der Waals surface area (Å²) in [7, 11) is 0. The van der Waals surface area contributed by atoms with Crippen LogP contribution in [0.1, 0.15) is 5.56 Å².